The van der Waals surface area contributed by atoms with Crippen molar-refractivity contribution in [1.29, 1.82) is 0 Å². The van der Waals surface area contributed by atoms with Crippen molar-refractivity contribution < 1.29 is 13.9 Å². The number of hydrogen-bond acceptors (Lipinski definition) is 6. The van der Waals surface area contributed by atoms with E-state index in [9.17, 15) is 9.59 Å². The molecule has 0 saturated heterocycles. The molecule has 0 bridgehead atoms. The molecule has 1 aliphatic heterocycles. The zero-order valence-corrected chi connectivity index (χ0v) is 21.1. The first-order valence-electron chi connectivity index (χ1n) is 11.7. The first-order chi connectivity index (χ1) is 16.3. The Morgan fingerprint density at radius 1 is 1.21 bits per heavy atom. The number of aromatic nitrogens is 1. The zero-order valence-electron chi connectivity index (χ0n) is 20.3. The highest BCUT2D eigenvalue weighted by Gasteiger charge is 2.34. The highest BCUT2D eigenvalue weighted by Crippen LogP contribution is 2.33. The Morgan fingerprint density at radius 3 is 2.53 bits per heavy atom. The maximum absolute atomic E-state index is 13.6. The van der Waals surface area contributed by atoms with E-state index in [0.29, 0.717) is 38.7 Å². The summed E-state index contributed by atoms with van der Waals surface area (Å²) >= 11 is 1.31. The number of carbonyl (C=O) groups is 1. The number of carbonyl (C=O) groups excluding carboxylic acids is 1. The third-order valence-electron chi connectivity index (χ3n) is 5.85. The van der Waals surface area contributed by atoms with Gasteiger partial charge in [-0.1, -0.05) is 62.8 Å². The van der Waals surface area contributed by atoms with Crippen LogP contribution in [-0.4, -0.2) is 17.1 Å². The Balaban J connectivity index is 1.97. The average molecular weight is 479 g/mol. The second-order valence-corrected chi connectivity index (χ2v) is 9.69. The summed E-state index contributed by atoms with van der Waals surface area (Å²) in [7, 11) is 0. The Hall–Kier alpha value is -3.19. The molecule has 0 radical (unpaired) electrons. The van der Waals surface area contributed by atoms with Gasteiger partial charge >= 0.3 is 5.97 Å². The smallest absolute Gasteiger partial charge is 0.338 e. The van der Waals surface area contributed by atoms with Gasteiger partial charge in [-0.3, -0.25) is 9.36 Å². The summed E-state index contributed by atoms with van der Waals surface area (Å²) in [5.41, 5.74) is 2.97. The van der Waals surface area contributed by atoms with Crippen LogP contribution in [-0.2, 0) is 9.53 Å². The Morgan fingerprint density at radius 2 is 1.94 bits per heavy atom. The summed E-state index contributed by atoms with van der Waals surface area (Å²) in [4.78, 5) is 32.2. The van der Waals surface area contributed by atoms with E-state index < -0.39 is 12.0 Å². The van der Waals surface area contributed by atoms with Crippen LogP contribution in [0.25, 0.3) is 6.08 Å². The Labute approximate surface area is 202 Å². The Bertz CT molecular complexity index is 1400. The molecule has 0 spiro atoms. The van der Waals surface area contributed by atoms with Gasteiger partial charge in [-0.25, -0.2) is 9.79 Å². The third kappa shape index (κ3) is 4.57. The first kappa shape index (κ1) is 24.0. The lowest BCUT2D eigenvalue weighted by Gasteiger charge is -2.26. The number of ether oxygens (including phenoxy) is 1. The van der Waals surface area contributed by atoms with Crippen molar-refractivity contribution in [2.24, 2.45) is 4.99 Å². The van der Waals surface area contributed by atoms with E-state index >= 15 is 0 Å². The van der Waals surface area contributed by atoms with Crippen LogP contribution in [0, 0.1) is 6.92 Å². The number of hydrogen-bond donors (Lipinski definition) is 0. The molecule has 1 atom stereocenters. The molecule has 6 nitrogen and oxygen atoms in total. The maximum Gasteiger partial charge on any atom is 0.338 e. The molecular weight excluding hydrogens is 448 g/mol. The van der Waals surface area contributed by atoms with Crippen LogP contribution in [0.15, 0.2) is 61.9 Å². The number of aryl methyl sites for hydroxylation is 1. The van der Waals surface area contributed by atoms with Gasteiger partial charge in [0.15, 0.2) is 4.80 Å². The van der Waals surface area contributed by atoms with Crippen molar-refractivity contribution in [3.8, 4) is 0 Å². The lowest BCUT2D eigenvalue weighted by molar-refractivity contribution is -0.139. The SMILES string of the molecule is CCCC1=C(C(=O)OCC)[C@H](c2ccc(C(C)C)cc2)n2c(s/c(=C\c3ccc(C)o3)c2=O)=N1. The number of furan rings is 1. The number of fused-ring (bicyclic) bond motifs is 1. The van der Waals surface area contributed by atoms with Gasteiger partial charge in [0, 0.05) is 6.08 Å². The Kier molecular flexibility index (Phi) is 7.03. The highest BCUT2D eigenvalue weighted by atomic mass is 32.1. The molecular formula is C27H30N2O4S. The lowest BCUT2D eigenvalue weighted by atomic mass is 9.92. The predicted molar refractivity (Wildman–Crippen MR) is 134 cm³/mol. The van der Waals surface area contributed by atoms with Crippen LogP contribution < -0.4 is 14.9 Å². The molecule has 0 N–H and O–H groups in total. The van der Waals surface area contributed by atoms with Crippen LogP contribution in [0.2, 0.25) is 0 Å². The van der Waals surface area contributed by atoms with Crippen molar-refractivity contribution in [3.63, 3.8) is 0 Å². The highest BCUT2D eigenvalue weighted by molar-refractivity contribution is 7.07. The van der Waals surface area contributed by atoms with E-state index in [-0.39, 0.29) is 12.2 Å². The fourth-order valence-corrected chi connectivity index (χ4v) is 5.16. The van der Waals surface area contributed by atoms with Gasteiger partial charge in [-0.2, -0.15) is 0 Å². The fourth-order valence-electron chi connectivity index (χ4n) is 4.16. The molecule has 178 valence electrons. The second kappa shape index (κ2) is 9.97. The van der Waals surface area contributed by atoms with Crippen molar-refractivity contribution in [2.75, 3.05) is 6.61 Å². The largest absolute Gasteiger partial charge is 0.463 e. The molecule has 3 aromatic rings. The minimum atomic E-state index is -0.599. The molecule has 34 heavy (non-hydrogen) atoms. The molecule has 0 aliphatic carbocycles. The van der Waals surface area contributed by atoms with Gasteiger partial charge in [-0.15, -0.1) is 0 Å². The number of nitrogens with zero attached hydrogens (tertiary/aromatic N) is 2. The molecule has 3 heterocycles. The minimum Gasteiger partial charge on any atom is -0.463 e. The lowest BCUT2D eigenvalue weighted by Crippen LogP contribution is -2.40. The van der Waals surface area contributed by atoms with E-state index in [1.54, 1.807) is 17.6 Å². The van der Waals surface area contributed by atoms with Crippen LogP contribution in [0.4, 0.5) is 0 Å². The molecule has 0 saturated carbocycles. The molecule has 4 rings (SSSR count). The maximum atomic E-state index is 13.6. The zero-order chi connectivity index (χ0) is 24.4. The summed E-state index contributed by atoms with van der Waals surface area (Å²) in [5, 5.41) is 0. The molecule has 2 aromatic heterocycles. The second-order valence-electron chi connectivity index (χ2n) is 8.68. The van der Waals surface area contributed by atoms with Crippen molar-refractivity contribution in [3.05, 3.63) is 90.0 Å². The van der Waals surface area contributed by atoms with Gasteiger partial charge in [0.1, 0.15) is 11.5 Å². The van der Waals surface area contributed by atoms with E-state index in [4.69, 9.17) is 14.1 Å². The number of rotatable bonds is 7. The van der Waals surface area contributed by atoms with Gasteiger partial charge in [0.05, 0.1) is 28.5 Å². The third-order valence-corrected chi connectivity index (χ3v) is 6.83. The molecule has 1 aromatic carbocycles. The molecule has 0 unspecified atom stereocenters. The number of thiazole rings is 1. The topological polar surface area (TPSA) is 73.8 Å². The standard InChI is InChI=1S/C27H30N2O4S/c1-6-8-21-23(26(31)32-7-2)24(19-12-10-18(11-13-19)16(3)4)29-25(30)22(34-27(29)28-21)15-20-14-9-17(5)33-20/h9-16,24H,6-8H2,1-5H3/b22-15-/t24-/m0/s1. The summed E-state index contributed by atoms with van der Waals surface area (Å²) in [6.45, 7) is 10.2. The van der Waals surface area contributed by atoms with Crippen LogP contribution in [0.5, 0.6) is 0 Å². The summed E-state index contributed by atoms with van der Waals surface area (Å²) in [6.07, 6.45) is 3.18. The summed E-state index contributed by atoms with van der Waals surface area (Å²) < 4.78 is 13.2. The van der Waals surface area contributed by atoms with Crippen LogP contribution in [0.1, 0.15) is 75.1 Å². The van der Waals surface area contributed by atoms with Crippen molar-refractivity contribution in [1.82, 2.24) is 4.57 Å². The molecule has 1 aliphatic rings. The van der Waals surface area contributed by atoms with Gasteiger partial charge in [-0.05, 0) is 49.4 Å². The van der Waals surface area contributed by atoms with E-state index in [2.05, 4.69) is 26.0 Å². The van der Waals surface area contributed by atoms with E-state index in [0.717, 1.165) is 17.7 Å². The van der Waals surface area contributed by atoms with Gasteiger partial charge < -0.3 is 9.15 Å². The van der Waals surface area contributed by atoms with Crippen molar-refractivity contribution >= 4 is 23.4 Å². The van der Waals surface area contributed by atoms with E-state index in [1.807, 2.05) is 38.1 Å². The summed E-state index contributed by atoms with van der Waals surface area (Å²) in [6, 6.07) is 11.2. The van der Waals surface area contributed by atoms with E-state index in [1.165, 1.54) is 16.9 Å². The van der Waals surface area contributed by atoms with Gasteiger partial charge in [0.2, 0.25) is 0 Å². The van der Waals surface area contributed by atoms with Crippen LogP contribution in [0.3, 0.4) is 0 Å². The monoisotopic (exact) mass is 478 g/mol. The molecule has 7 heteroatoms. The van der Waals surface area contributed by atoms with Crippen LogP contribution >= 0.6 is 11.3 Å². The molecule has 0 fully saturated rings. The number of esters is 1. The molecule has 0 amide bonds. The first-order valence-corrected chi connectivity index (χ1v) is 12.5. The summed E-state index contributed by atoms with van der Waals surface area (Å²) in [5.74, 6) is 1.34. The van der Waals surface area contributed by atoms with Gasteiger partial charge in [0.25, 0.3) is 5.56 Å². The normalized spacial score (nSPS) is 16.1. The average Bonchev–Trinajstić information content (AvgIpc) is 3.35. The minimum absolute atomic E-state index is 0.201. The number of allylic oxidation sites excluding steroid dienone is 1. The predicted octanol–water partition coefficient (Wildman–Crippen LogP) is 4.60. The fraction of sp³-hybridized carbons (Fsp3) is 0.370. The quantitative estimate of drug-likeness (QED) is 0.465. The van der Waals surface area contributed by atoms with Crippen molar-refractivity contribution in [2.45, 2.75) is 59.4 Å². The number of benzene rings is 1.